The van der Waals surface area contributed by atoms with Crippen LogP contribution < -0.4 is 16.0 Å². The molecule has 0 amide bonds. The van der Waals surface area contributed by atoms with E-state index in [1.54, 1.807) is 6.33 Å². The molecule has 170 valence electrons. The number of benzene rings is 1. The first-order chi connectivity index (χ1) is 15.6. The molecule has 3 aromatic rings. The Morgan fingerprint density at radius 1 is 1.12 bits per heavy atom. The van der Waals surface area contributed by atoms with Crippen molar-refractivity contribution in [2.75, 3.05) is 24.5 Å². The summed E-state index contributed by atoms with van der Waals surface area (Å²) in [4.78, 5) is 18.2. The van der Waals surface area contributed by atoms with E-state index in [-0.39, 0.29) is 0 Å². The number of nitrogens with two attached hydrogens (primary N) is 1. The lowest BCUT2D eigenvalue weighted by Gasteiger charge is -2.24. The monoisotopic (exact) mass is 473 g/mol. The highest BCUT2D eigenvalue weighted by Crippen LogP contribution is 2.24. The molecule has 32 heavy (non-hydrogen) atoms. The number of halogens is 2. The topological polar surface area (TPSA) is 95.2 Å². The minimum absolute atomic E-state index is 0.493. The molecule has 0 saturated heterocycles. The molecule has 0 aliphatic rings. The molecule has 0 atom stereocenters. The lowest BCUT2D eigenvalue weighted by molar-refractivity contribution is 0.664. The Hall–Kier alpha value is -2.77. The minimum Gasteiger partial charge on any atom is -0.370 e. The van der Waals surface area contributed by atoms with Crippen molar-refractivity contribution in [2.45, 2.75) is 32.2 Å². The Balaban J connectivity index is 1.41. The fourth-order valence-corrected chi connectivity index (χ4v) is 3.58. The number of aromatic nitrogens is 3. The fraction of sp³-hybridized carbons (Fsp3) is 0.348. The second-order valence-corrected chi connectivity index (χ2v) is 8.25. The van der Waals surface area contributed by atoms with Crippen LogP contribution in [0.25, 0.3) is 0 Å². The van der Waals surface area contributed by atoms with Gasteiger partial charge in [0.25, 0.3) is 0 Å². The maximum absolute atomic E-state index is 6.19. The first kappa shape index (κ1) is 23.9. The largest absolute Gasteiger partial charge is 0.370 e. The first-order valence-corrected chi connectivity index (χ1v) is 11.5. The number of pyridine rings is 1. The number of nitrogens with one attached hydrogen (secondary N) is 2. The van der Waals surface area contributed by atoms with Gasteiger partial charge < -0.3 is 20.9 Å². The van der Waals surface area contributed by atoms with Gasteiger partial charge in [0.1, 0.15) is 5.82 Å². The summed E-state index contributed by atoms with van der Waals surface area (Å²) in [6.45, 7) is 3.04. The van der Waals surface area contributed by atoms with Crippen molar-refractivity contribution in [3.8, 4) is 0 Å². The highest BCUT2D eigenvalue weighted by molar-refractivity contribution is 6.42. The summed E-state index contributed by atoms with van der Waals surface area (Å²) in [5.74, 6) is 1.43. The third kappa shape index (κ3) is 8.05. The number of unbranched alkanes of at least 4 members (excludes halogenated alkanes) is 1. The Morgan fingerprint density at radius 3 is 2.78 bits per heavy atom. The molecule has 4 N–H and O–H groups in total. The van der Waals surface area contributed by atoms with Crippen LogP contribution in [0.5, 0.6) is 0 Å². The molecular weight excluding hydrogens is 445 g/mol. The number of hydrogen-bond donors (Lipinski definition) is 3. The van der Waals surface area contributed by atoms with E-state index < -0.39 is 0 Å². The standard InChI is InChI=1S/C23H29Cl2N7/c24-20-9-8-18(14-21(20)25)16-32(22-7-1-2-10-28-22)13-4-3-11-29-23(26)30-12-5-6-19-15-27-17-31-19/h1-2,7-10,14-15,17H,3-6,11-13,16H2,(H,27,31)(H3,26,29,30). The average Bonchev–Trinajstić information content (AvgIpc) is 3.32. The number of hydrogen-bond acceptors (Lipinski definition) is 4. The van der Waals surface area contributed by atoms with Gasteiger partial charge in [-0.05, 0) is 55.5 Å². The van der Waals surface area contributed by atoms with Gasteiger partial charge in [-0.15, -0.1) is 0 Å². The summed E-state index contributed by atoms with van der Waals surface area (Å²) in [7, 11) is 0. The van der Waals surface area contributed by atoms with Crippen LogP contribution >= 0.6 is 23.2 Å². The van der Waals surface area contributed by atoms with Crippen LogP contribution in [0.15, 0.2) is 60.1 Å². The van der Waals surface area contributed by atoms with Gasteiger partial charge in [0, 0.05) is 44.3 Å². The van der Waals surface area contributed by atoms with Crippen molar-refractivity contribution >= 4 is 35.0 Å². The lowest BCUT2D eigenvalue weighted by atomic mass is 10.2. The summed E-state index contributed by atoms with van der Waals surface area (Å²) >= 11 is 12.2. The average molecular weight is 474 g/mol. The fourth-order valence-electron chi connectivity index (χ4n) is 3.26. The summed E-state index contributed by atoms with van der Waals surface area (Å²) < 4.78 is 0. The van der Waals surface area contributed by atoms with Crippen molar-refractivity contribution in [1.82, 2.24) is 20.3 Å². The van der Waals surface area contributed by atoms with Gasteiger partial charge in [-0.2, -0.15) is 0 Å². The van der Waals surface area contributed by atoms with Crippen LogP contribution in [0.1, 0.15) is 30.5 Å². The van der Waals surface area contributed by atoms with E-state index in [0.717, 1.165) is 55.8 Å². The van der Waals surface area contributed by atoms with E-state index in [9.17, 15) is 0 Å². The summed E-state index contributed by atoms with van der Waals surface area (Å²) in [5, 5.41) is 4.32. The zero-order chi connectivity index (χ0) is 22.6. The normalized spacial score (nSPS) is 11.5. The molecule has 0 saturated carbocycles. The predicted octanol–water partition coefficient (Wildman–Crippen LogP) is 4.44. The van der Waals surface area contributed by atoms with Crippen LogP contribution in [-0.2, 0) is 13.0 Å². The Labute approximate surface area is 199 Å². The van der Waals surface area contributed by atoms with E-state index >= 15 is 0 Å². The quantitative estimate of drug-likeness (QED) is 0.205. The number of aromatic amines is 1. The summed E-state index contributed by atoms with van der Waals surface area (Å²) in [6, 6.07) is 11.7. The zero-order valence-electron chi connectivity index (χ0n) is 18.0. The number of anilines is 1. The molecule has 1 aromatic carbocycles. The molecule has 0 radical (unpaired) electrons. The van der Waals surface area contributed by atoms with Crippen LogP contribution in [0.4, 0.5) is 5.82 Å². The molecule has 3 rings (SSSR count). The van der Waals surface area contributed by atoms with Crippen molar-refractivity contribution in [3.63, 3.8) is 0 Å². The second-order valence-electron chi connectivity index (χ2n) is 7.44. The molecule has 0 fully saturated rings. The molecule has 9 heteroatoms. The van der Waals surface area contributed by atoms with E-state index in [2.05, 4.69) is 30.2 Å². The maximum Gasteiger partial charge on any atom is 0.188 e. The van der Waals surface area contributed by atoms with E-state index in [0.29, 0.717) is 29.1 Å². The number of aliphatic imine (C=N–C) groups is 1. The van der Waals surface area contributed by atoms with Crippen LogP contribution in [0.3, 0.4) is 0 Å². The second kappa shape index (κ2) is 12.9. The Bertz CT molecular complexity index is 962. The number of rotatable bonds is 12. The molecule has 0 unspecified atom stereocenters. The lowest BCUT2D eigenvalue weighted by Crippen LogP contribution is -2.33. The molecule has 7 nitrogen and oxygen atoms in total. The third-order valence-corrected chi connectivity index (χ3v) is 5.67. The molecule has 0 aliphatic carbocycles. The Kier molecular flexibility index (Phi) is 9.65. The SMILES string of the molecule is NC(=NCCCc1cnc[nH]1)NCCCCN(Cc1ccc(Cl)c(Cl)c1)c1ccccn1. The van der Waals surface area contributed by atoms with Gasteiger partial charge in [-0.1, -0.05) is 35.3 Å². The van der Waals surface area contributed by atoms with Crippen LogP contribution in [-0.4, -0.2) is 40.5 Å². The van der Waals surface area contributed by atoms with Gasteiger partial charge in [0.2, 0.25) is 0 Å². The van der Waals surface area contributed by atoms with Crippen molar-refractivity contribution in [3.05, 3.63) is 76.4 Å². The highest BCUT2D eigenvalue weighted by Gasteiger charge is 2.10. The molecular formula is C23H29Cl2N7. The van der Waals surface area contributed by atoms with Gasteiger partial charge in [0.15, 0.2) is 5.96 Å². The van der Waals surface area contributed by atoms with Crippen molar-refractivity contribution in [2.24, 2.45) is 10.7 Å². The van der Waals surface area contributed by atoms with Crippen molar-refractivity contribution in [1.29, 1.82) is 0 Å². The summed E-state index contributed by atoms with van der Waals surface area (Å²) in [6.07, 6.45) is 9.13. The maximum atomic E-state index is 6.19. The van der Waals surface area contributed by atoms with E-state index in [4.69, 9.17) is 28.9 Å². The number of imidazole rings is 1. The number of aryl methyl sites for hydroxylation is 1. The molecule has 2 heterocycles. The molecule has 0 spiro atoms. The molecule has 0 bridgehead atoms. The van der Waals surface area contributed by atoms with E-state index in [1.807, 2.05) is 48.8 Å². The number of guanidine groups is 1. The Morgan fingerprint density at radius 2 is 2.03 bits per heavy atom. The number of nitrogens with zero attached hydrogens (tertiary/aromatic N) is 4. The first-order valence-electron chi connectivity index (χ1n) is 10.7. The van der Waals surface area contributed by atoms with Crippen LogP contribution in [0.2, 0.25) is 10.0 Å². The number of H-pyrrole nitrogens is 1. The van der Waals surface area contributed by atoms with Crippen LogP contribution in [0, 0.1) is 0 Å². The van der Waals surface area contributed by atoms with Gasteiger partial charge in [-0.25, -0.2) is 9.97 Å². The van der Waals surface area contributed by atoms with Gasteiger partial charge in [-0.3, -0.25) is 4.99 Å². The smallest absolute Gasteiger partial charge is 0.188 e. The van der Waals surface area contributed by atoms with Gasteiger partial charge >= 0.3 is 0 Å². The van der Waals surface area contributed by atoms with E-state index in [1.165, 1.54) is 0 Å². The highest BCUT2D eigenvalue weighted by atomic mass is 35.5. The minimum atomic E-state index is 0.493. The molecule has 0 aliphatic heterocycles. The van der Waals surface area contributed by atoms with Gasteiger partial charge in [0.05, 0.1) is 16.4 Å². The predicted molar refractivity (Wildman–Crippen MR) is 132 cm³/mol. The molecule has 2 aromatic heterocycles. The zero-order valence-corrected chi connectivity index (χ0v) is 19.5. The van der Waals surface area contributed by atoms with Crippen molar-refractivity contribution < 1.29 is 0 Å². The summed E-state index contributed by atoms with van der Waals surface area (Å²) in [5.41, 5.74) is 8.18. The third-order valence-electron chi connectivity index (χ3n) is 4.93.